The van der Waals surface area contributed by atoms with Crippen LogP contribution in [0.1, 0.15) is 31.7 Å². The molecule has 42 heavy (non-hydrogen) atoms. The third-order valence-electron chi connectivity index (χ3n) is 8.81. The summed E-state index contributed by atoms with van der Waals surface area (Å²) in [5, 5.41) is 4.93. The van der Waals surface area contributed by atoms with Crippen molar-refractivity contribution in [3.05, 3.63) is 64.6 Å². The van der Waals surface area contributed by atoms with E-state index in [1.807, 2.05) is 54.6 Å². The molecule has 0 aromatic heterocycles. The minimum Gasteiger partial charge on any atom is -0.496 e. The van der Waals surface area contributed by atoms with E-state index in [2.05, 4.69) is 21.2 Å². The molecule has 2 heterocycles. The normalized spacial score (nSPS) is 19.2. The lowest BCUT2D eigenvalue weighted by Gasteiger charge is -2.36. The van der Waals surface area contributed by atoms with Crippen molar-refractivity contribution in [1.82, 2.24) is 5.32 Å². The molecule has 0 aliphatic carbocycles. The Bertz CT molecular complexity index is 1510. The molecule has 0 radical (unpaired) electrons. The Kier molecular flexibility index (Phi) is 8.86. The summed E-state index contributed by atoms with van der Waals surface area (Å²) in [6, 6.07) is 17.2. The Balaban J connectivity index is 1.65. The molecule has 0 spiro atoms. The molecular formula is C32H37BrN4O5. The van der Waals surface area contributed by atoms with E-state index in [-0.39, 0.29) is 30.8 Å². The Hall–Kier alpha value is -3.47. The van der Waals surface area contributed by atoms with Gasteiger partial charge in [0, 0.05) is 36.2 Å². The summed E-state index contributed by atoms with van der Waals surface area (Å²) in [5.74, 6) is -1.20. The van der Waals surface area contributed by atoms with Crippen molar-refractivity contribution in [2.75, 3.05) is 43.7 Å². The molecule has 2 aliphatic rings. The third kappa shape index (κ3) is 5.63. The van der Waals surface area contributed by atoms with E-state index < -0.39 is 17.4 Å². The van der Waals surface area contributed by atoms with Crippen LogP contribution in [0.3, 0.4) is 0 Å². The maximum absolute atomic E-state index is 14.6. The molecule has 0 saturated carbocycles. The first-order valence-corrected chi connectivity index (χ1v) is 15.0. The number of fused-ring (bicyclic) bond motifs is 2. The van der Waals surface area contributed by atoms with Crippen LogP contribution in [0.15, 0.2) is 59.1 Å². The van der Waals surface area contributed by atoms with Gasteiger partial charge in [0.25, 0.3) is 0 Å². The molecule has 2 aliphatic heterocycles. The van der Waals surface area contributed by atoms with Crippen molar-refractivity contribution in [1.29, 1.82) is 0 Å². The van der Waals surface area contributed by atoms with Gasteiger partial charge in [-0.1, -0.05) is 40.2 Å². The lowest BCUT2D eigenvalue weighted by molar-refractivity contribution is -0.133. The second kappa shape index (κ2) is 12.4. The maximum atomic E-state index is 14.6. The van der Waals surface area contributed by atoms with Gasteiger partial charge >= 0.3 is 0 Å². The first-order valence-electron chi connectivity index (χ1n) is 14.2. The Morgan fingerprint density at radius 3 is 2.50 bits per heavy atom. The summed E-state index contributed by atoms with van der Waals surface area (Å²) in [7, 11) is 3.21. The predicted molar refractivity (Wildman–Crippen MR) is 166 cm³/mol. The molecule has 1 unspecified atom stereocenters. The Labute approximate surface area is 254 Å². The molecule has 1 saturated heterocycles. The number of halogens is 1. The molecule has 2 atom stereocenters. The number of carbonyl (C=O) groups is 3. The number of hydrogen-bond donors (Lipinski definition) is 2. The van der Waals surface area contributed by atoms with E-state index >= 15 is 0 Å². The molecular weight excluding hydrogens is 600 g/mol. The summed E-state index contributed by atoms with van der Waals surface area (Å²) in [6.45, 7) is 3.06. The van der Waals surface area contributed by atoms with E-state index in [1.54, 1.807) is 30.9 Å². The van der Waals surface area contributed by atoms with Gasteiger partial charge in [0.15, 0.2) is 0 Å². The Morgan fingerprint density at radius 2 is 1.83 bits per heavy atom. The van der Waals surface area contributed by atoms with Gasteiger partial charge in [-0.2, -0.15) is 0 Å². The number of carbonyl (C=O) groups excluding carboxylic acids is 3. The fraction of sp³-hybridized carbons (Fsp3) is 0.406. The van der Waals surface area contributed by atoms with Gasteiger partial charge in [0.2, 0.25) is 17.7 Å². The molecule has 3 aromatic carbocycles. The van der Waals surface area contributed by atoms with E-state index in [0.29, 0.717) is 36.8 Å². The lowest BCUT2D eigenvalue weighted by Crippen LogP contribution is -2.63. The molecule has 222 valence electrons. The first kappa shape index (κ1) is 30.0. The first-order chi connectivity index (χ1) is 20.2. The minimum atomic E-state index is -1.41. The van der Waals surface area contributed by atoms with Crippen molar-refractivity contribution in [3.63, 3.8) is 0 Å². The second-order valence-electron chi connectivity index (χ2n) is 11.2. The van der Waals surface area contributed by atoms with Gasteiger partial charge in [-0.25, -0.2) is 0 Å². The summed E-state index contributed by atoms with van der Waals surface area (Å²) in [4.78, 5) is 44.9. The van der Waals surface area contributed by atoms with E-state index in [0.717, 1.165) is 33.7 Å². The van der Waals surface area contributed by atoms with Gasteiger partial charge in [0.1, 0.15) is 11.3 Å². The number of nitrogens with two attached hydrogens (primary N) is 1. The largest absolute Gasteiger partial charge is 0.496 e. The number of likely N-dealkylation sites (N-methyl/N-ethyl adjacent to an activating group) is 1. The van der Waals surface area contributed by atoms with E-state index in [1.165, 1.54) is 0 Å². The van der Waals surface area contributed by atoms with Gasteiger partial charge in [-0.3, -0.25) is 14.4 Å². The van der Waals surface area contributed by atoms with E-state index in [9.17, 15) is 14.4 Å². The van der Waals surface area contributed by atoms with Crippen molar-refractivity contribution >= 4 is 55.8 Å². The zero-order valence-electron chi connectivity index (χ0n) is 24.2. The number of anilines is 2. The number of ether oxygens (including phenoxy) is 2. The zero-order chi connectivity index (χ0) is 30.0. The van der Waals surface area contributed by atoms with Crippen LogP contribution in [-0.4, -0.2) is 57.2 Å². The standard InChI is InChI=1S/C32H37BrN4O5/c1-32(35-2,31(34)40)25-19-36(29(38)16-20-12-14-42-15-13-20)26-6-4-5-7-27(26)37(30(25)39)18-24-23-10-9-22(33)17-21(23)8-11-28(24)41-3/h4-11,17,20,25,35H,12-16,18-19H2,1-3H3,(H2,34,40)/t25-,32?/m1/s1. The lowest BCUT2D eigenvalue weighted by atomic mass is 9.83. The molecule has 3 N–H and O–H groups in total. The number of amides is 3. The highest BCUT2D eigenvalue weighted by Gasteiger charge is 2.48. The van der Waals surface area contributed by atoms with Crippen LogP contribution in [-0.2, 0) is 25.7 Å². The average molecular weight is 638 g/mol. The highest BCUT2D eigenvalue weighted by Crippen LogP contribution is 2.40. The summed E-state index contributed by atoms with van der Waals surface area (Å²) >= 11 is 3.55. The fourth-order valence-electron chi connectivity index (χ4n) is 6.05. The topological polar surface area (TPSA) is 114 Å². The van der Waals surface area contributed by atoms with Crippen LogP contribution in [0, 0.1) is 11.8 Å². The van der Waals surface area contributed by atoms with Crippen molar-refractivity contribution in [2.45, 2.75) is 38.3 Å². The van der Waals surface area contributed by atoms with Crippen LogP contribution >= 0.6 is 15.9 Å². The average Bonchev–Trinajstić information content (AvgIpc) is 3.11. The molecule has 3 amide bonds. The van der Waals surface area contributed by atoms with Gasteiger partial charge in [-0.15, -0.1) is 0 Å². The SMILES string of the molecule is CNC(C)(C(N)=O)[C@@H]1CN(C(=O)CC2CCOCC2)c2ccccc2N(Cc2c(OC)ccc3cc(Br)ccc23)C1=O. The molecule has 5 rings (SSSR count). The Morgan fingerprint density at radius 1 is 1.12 bits per heavy atom. The number of hydrogen-bond acceptors (Lipinski definition) is 6. The number of nitrogens with one attached hydrogen (secondary N) is 1. The highest BCUT2D eigenvalue weighted by molar-refractivity contribution is 9.10. The van der Waals surface area contributed by atoms with Crippen molar-refractivity contribution in [3.8, 4) is 5.75 Å². The zero-order valence-corrected chi connectivity index (χ0v) is 25.8. The number of benzene rings is 3. The number of para-hydroxylation sites is 2. The molecule has 0 bridgehead atoms. The van der Waals surface area contributed by atoms with Gasteiger partial charge < -0.3 is 30.3 Å². The predicted octanol–water partition coefficient (Wildman–Crippen LogP) is 4.39. The minimum absolute atomic E-state index is 0.00823. The van der Waals surface area contributed by atoms with Crippen LogP contribution in [0.5, 0.6) is 5.75 Å². The monoisotopic (exact) mass is 636 g/mol. The second-order valence-corrected chi connectivity index (χ2v) is 12.1. The number of primary amides is 1. The maximum Gasteiger partial charge on any atom is 0.238 e. The van der Waals surface area contributed by atoms with Crippen molar-refractivity contribution < 1.29 is 23.9 Å². The van der Waals surface area contributed by atoms with Crippen molar-refractivity contribution in [2.24, 2.45) is 17.6 Å². The fourth-order valence-corrected chi connectivity index (χ4v) is 6.43. The molecule has 1 fully saturated rings. The number of nitrogens with zero attached hydrogens (tertiary/aromatic N) is 2. The summed E-state index contributed by atoms with van der Waals surface area (Å²) in [5.41, 5.74) is 6.53. The molecule has 9 nitrogen and oxygen atoms in total. The van der Waals surface area contributed by atoms with E-state index in [4.69, 9.17) is 15.2 Å². The molecule has 10 heteroatoms. The van der Waals surface area contributed by atoms with Crippen LogP contribution < -0.4 is 25.6 Å². The van der Waals surface area contributed by atoms with Gasteiger partial charge in [0.05, 0.1) is 30.9 Å². The molecule has 3 aromatic rings. The quantitative estimate of drug-likeness (QED) is 0.379. The van der Waals surface area contributed by atoms with Crippen LogP contribution in [0.4, 0.5) is 11.4 Å². The summed E-state index contributed by atoms with van der Waals surface area (Å²) in [6.07, 6.45) is 1.95. The third-order valence-corrected chi connectivity index (χ3v) is 9.31. The van der Waals surface area contributed by atoms with Crippen LogP contribution in [0.2, 0.25) is 0 Å². The van der Waals surface area contributed by atoms with Crippen LogP contribution in [0.25, 0.3) is 10.8 Å². The number of methoxy groups -OCH3 is 1. The smallest absolute Gasteiger partial charge is 0.238 e. The van der Waals surface area contributed by atoms with Gasteiger partial charge in [-0.05, 0) is 73.8 Å². The number of rotatable bonds is 8. The summed E-state index contributed by atoms with van der Waals surface area (Å²) < 4.78 is 12.2. The highest BCUT2D eigenvalue weighted by atomic mass is 79.9.